The average Bonchev–Trinajstić information content (AvgIpc) is 3.41. The summed E-state index contributed by atoms with van der Waals surface area (Å²) in [5.41, 5.74) is 0. The van der Waals surface area contributed by atoms with Gasteiger partial charge in [0, 0.05) is 12.8 Å². The zero-order valence-electron chi connectivity index (χ0n) is 50.0. The van der Waals surface area contributed by atoms with Crippen molar-refractivity contribution in [3.05, 3.63) is 60.8 Å². The molecule has 2 unspecified atom stereocenters. The number of allylic oxidation sites excluding steroid dienone is 8. The van der Waals surface area contributed by atoms with Crippen molar-refractivity contribution in [2.45, 2.75) is 353 Å². The SMILES string of the molecule is CCCCCC/C=C\C/C=C\CCCCCCCCCC(=O)OCC/C=C\C/C=C\CCCCCCCCCCCCCCCCC(=O)NC(CO)C(O)/C=C/CCCCCCCCCCCCCCCCCCC. The maximum atomic E-state index is 12.5. The van der Waals surface area contributed by atoms with Gasteiger partial charge in [0.05, 0.1) is 25.4 Å². The molecule has 0 heterocycles. The van der Waals surface area contributed by atoms with Crippen molar-refractivity contribution < 1.29 is 24.5 Å². The number of rotatable bonds is 61. The van der Waals surface area contributed by atoms with Gasteiger partial charge in [0.1, 0.15) is 0 Å². The molecule has 6 nitrogen and oxygen atoms in total. The second kappa shape index (κ2) is 64.1. The molecule has 438 valence electrons. The van der Waals surface area contributed by atoms with E-state index >= 15 is 0 Å². The Labute approximate surface area is 467 Å². The van der Waals surface area contributed by atoms with Crippen molar-refractivity contribution in [1.29, 1.82) is 0 Å². The lowest BCUT2D eigenvalue weighted by atomic mass is 10.0. The minimum atomic E-state index is -0.850. The Hall–Kier alpha value is -2.44. The molecule has 2 atom stereocenters. The molecule has 0 aliphatic heterocycles. The maximum absolute atomic E-state index is 12.5. The first-order valence-electron chi connectivity index (χ1n) is 33.1. The van der Waals surface area contributed by atoms with Crippen LogP contribution in [0.25, 0.3) is 0 Å². The minimum Gasteiger partial charge on any atom is -0.465 e. The van der Waals surface area contributed by atoms with Crippen LogP contribution in [0, 0.1) is 0 Å². The fraction of sp³-hybridized carbons (Fsp3) is 0.826. The monoisotopic (exact) mass is 1050 g/mol. The van der Waals surface area contributed by atoms with Gasteiger partial charge in [-0.3, -0.25) is 9.59 Å². The zero-order chi connectivity index (χ0) is 54.3. The van der Waals surface area contributed by atoms with Crippen LogP contribution in [-0.2, 0) is 14.3 Å². The number of aliphatic hydroxyl groups is 2. The van der Waals surface area contributed by atoms with Crippen LogP contribution in [0.2, 0.25) is 0 Å². The summed E-state index contributed by atoms with van der Waals surface area (Å²) < 4.78 is 5.43. The molecule has 0 fully saturated rings. The number of nitrogens with one attached hydrogen (secondary N) is 1. The van der Waals surface area contributed by atoms with E-state index in [0.29, 0.717) is 19.4 Å². The Morgan fingerprint density at radius 2 is 0.667 bits per heavy atom. The lowest BCUT2D eigenvalue weighted by molar-refractivity contribution is -0.143. The Balaban J connectivity index is 3.48. The summed E-state index contributed by atoms with van der Waals surface area (Å²) in [5, 5.41) is 23.2. The van der Waals surface area contributed by atoms with Crippen LogP contribution in [0.1, 0.15) is 341 Å². The Morgan fingerprint density at radius 3 is 1.03 bits per heavy atom. The van der Waals surface area contributed by atoms with Crippen LogP contribution in [0.15, 0.2) is 60.8 Å². The number of amides is 1. The Morgan fingerprint density at radius 1 is 0.373 bits per heavy atom. The molecular weight excluding hydrogens is 923 g/mol. The molecule has 3 N–H and O–H groups in total. The highest BCUT2D eigenvalue weighted by Gasteiger charge is 2.18. The molecule has 75 heavy (non-hydrogen) atoms. The molecule has 0 aromatic rings. The number of ether oxygens (including phenoxy) is 1. The van der Waals surface area contributed by atoms with Crippen molar-refractivity contribution in [2.75, 3.05) is 13.2 Å². The standard InChI is InChI=1S/C69H127NO5/c1-3-5-7-9-11-13-15-17-19-21-26-29-33-37-41-45-49-53-57-61-67(72)66(65-71)70-68(73)62-58-54-50-46-42-38-34-30-27-24-23-25-28-32-36-40-44-48-52-56-60-64-75-69(74)63-59-55-51-47-43-39-35-31-22-20-18-16-14-12-10-8-6-4-2/h14,16,20,22,40,44,52,56-57,61,66-67,71-72H,3-13,15,17-19,21,23-39,41-43,45-51,53-55,58-60,62-65H2,1-2H3,(H,70,73)/b16-14-,22-20-,44-40-,56-52-,61-57+. The van der Waals surface area contributed by atoms with Gasteiger partial charge in [0.25, 0.3) is 0 Å². The molecule has 0 aliphatic rings. The van der Waals surface area contributed by atoms with E-state index in [1.807, 2.05) is 6.08 Å². The van der Waals surface area contributed by atoms with Gasteiger partial charge in [-0.2, -0.15) is 0 Å². The van der Waals surface area contributed by atoms with E-state index in [2.05, 4.69) is 67.8 Å². The first-order chi connectivity index (χ1) is 37.0. The van der Waals surface area contributed by atoms with Crippen LogP contribution >= 0.6 is 0 Å². The number of hydrogen-bond donors (Lipinski definition) is 3. The molecule has 0 spiro atoms. The number of carbonyl (C=O) groups is 2. The Bertz CT molecular complexity index is 1300. The van der Waals surface area contributed by atoms with E-state index in [4.69, 9.17) is 4.74 Å². The van der Waals surface area contributed by atoms with Crippen molar-refractivity contribution in [1.82, 2.24) is 5.32 Å². The van der Waals surface area contributed by atoms with Crippen LogP contribution in [0.5, 0.6) is 0 Å². The number of esters is 1. The van der Waals surface area contributed by atoms with Gasteiger partial charge in [0.15, 0.2) is 0 Å². The van der Waals surface area contributed by atoms with E-state index in [1.165, 1.54) is 257 Å². The summed E-state index contributed by atoms with van der Waals surface area (Å²) in [6.45, 7) is 4.79. The molecule has 0 radical (unpaired) electrons. The Kier molecular flexibility index (Phi) is 62.0. The van der Waals surface area contributed by atoms with Crippen LogP contribution in [0.4, 0.5) is 0 Å². The number of unbranched alkanes of at least 4 members (excludes halogenated alkanes) is 42. The van der Waals surface area contributed by atoms with E-state index in [9.17, 15) is 19.8 Å². The highest BCUT2D eigenvalue weighted by Crippen LogP contribution is 2.17. The molecule has 0 saturated heterocycles. The van der Waals surface area contributed by atoms with Gasteiger partial charge in [-0.15, -0.1) is 0 Å². The van der Waals surface area contributed by atoms with Gasteiger partial charge in [0.2, 0.25) is 5.91 Å². The second-order valence-electron chi connectivity index (χ2n) is 22.4. The van der Waals surface area contributed by atoms with Crippen LogP contribution in [-0.4, -0.2) is 47.4 Å². The van der Waals surface area contributed by atoms with Gasteiger partial charge in [-0.05, 0) is 83.5 Å². The molecule has 0 bridgehead atoms. The average molecular weight is 1050 g/mol. The molecule has 0 aliphatic carbocycles. The molecule has 0 aromatic heterocycles. The van der Waals surface area contributed by atoms with E-state index in [1.54, 1.807) is 6.08 Å². The third kappa shape index (κ3) is 60.6. The van der Waals surface area contributed by atoms with Gasteiger partial charge in [-0.25, -0.2) is 0 Å². The number of carbonyl (C=O) groups excluding carboxylic acids is 2. The molecule has 6 heteroatoms. The van der Waals surface area contributed by atoms with E-state index < -0.39 is 12.1 Å². The van der Waals surface area contributed by atoms with E-state index in [0.717, 1.165) is 57.8 Å². The fourth-order valence-corrected chi connectivity index (χ4v) is 9.97. The summed E-state index contributed by atoms with van der Waals surface area (Å²) >= 11 is 0. The smallest absolute Gasteiger partial charge is 0.305 e. The summed E-state index contributed by atoms with van der Waals surface area (Å²) in [7, 11) is 0. The van der Waals surface area contributed by atoms with Crippen molar-refractivity contribution in [2.24, 2.45) is 0 Å². The van der Waals surface area contributed by atoms with Crippen molar-refractivity contribution >= 4 is 11.9 Å². The first kappa shape index (κ1) is 72.6. The normalized spacial score (nSPS) is 13.0. The summed E-state index contributed by atoms with van der Waals surface area (Å²) in [4.78, 5) is 24.6. The number of hydrogen-bond acceptors (Lipinski definition) is 5. The molecule has 0 saturated carbocycles. The topological polar surface area (TPSA) is 95.9 Å². The molecule has 0 aromatic carbocycles. The quantitative estimate of drug-likeness (QED) is 0.0320. The number of aliphatic hydroxyl groups excluding tert-OH is 2. The summed E-state index contributed by atoms with van der Waals surface area (Å²) in [5.74, 6) is -0.115. The summed E-state index contributed by atoms with van der Waals surface area (Å²) in [6.07, 6.45) is 84.3. The third-order valence-corrected chi connectivity index (χ3v) is 15.0. The zero-order valence-corrected chi connectivity index (χ0v) is 50.0. The second-order valence-corrected chi connectivity index (χ2v) is 22.4. The largest absolute Gasteiger partial charge is 0.465 e. The summed E-state index contributed by atoms with van der Waals surface area (Å²) in [6, 6.07) is -0.634. The van der Waals surface area contributed by atoms with E-state index in [-0.39, 0.29) is 18.5 Å². The third-order valence-electron chi connectivity index (χ3n) is 15.0. The predicted molar refractivity (Wildman–Crippen MR) is 328 cm³/mol. The minimum absolute atomic E-state index is 0.0434. The van der Waals surface area contributed by atoms with Crippen LogP contribution < -0.4 is 5.32 Å². The highest BCUT2D eigenvalue weighted by atomic mass is 16.5. The van der Waals surface area contributed by atoms with Crippen LogP contribution in [0.3, 0.4) is 0 Å². The molecular formula is C69H127NO5. The van der Waals surface area contributed by atoms with Crippen molar-refractivity contribution in [3.63, 3.8) is 0 Å². The lowest BCUT2D eigenvalue weighted by Gasteiger charge is -2.20. The maximum Gasteiger partial charge on any atom is 0.305 e. The first-order valence-corrected chi connectivity index (χ1v) is 33.1. The lowest BCUT2D eigenvalue weighted by Crippen LogP contribution is -2.45. The highest BCUT2D eigenvalue weighted by molar-refractivity contribution is 5.76. The van der Waals surface area contributed by atoms with Gasteiger partial charge in [-0.1, -0.05) is 306 Å². The predicted octanol–water partition coefficient (Wildman–Crippen LogP) is 21.1. The van der Waals surface area contributed by atoms with Gasteiger partial charge < -0.3 is 20.3 Å². The van der Waals surface area contributed by atoms with Gasteiger partial charge >= 0.3 is 5.97 Å². The fourth-order valence-electron chi connectivity index (χ4n) is 9.97. The molecule has 1 amide bonds. The molecule has 0 rings (SSSR count). The van der Waals surface area contributed by atoms with Crippen molar-refractivity contribution in [3.8, 4) is 0 Å².